The Labute approximate surface area is 194 Å². The number of amides is 2. The minimum absolute atomic E-state index is 0.119. The molecule has 0 aliphatic carbocycles. The molecule has 7 nitrogen and oxygen atoms in total. The number of nitrogens with zero attached hydrogens (tertiary/aromatic N) is 2. The van der Waals surface area contributed by atoms with Gasteiger partial charge in [0.2, 0.25) is 0 Å². The van der Waals surface area contributed by atoms with Crippen LogP contribution < -0.4 is 14.8 Å². The van der Waals surface area contributed by atoms with Gasteiger partial charge in [-0.05, 0) is 55.2 Å². The van der Waals surface area contributed by atoms with Crippen LogP contribution in [0.1, 0.15) is 29.7 Å². The van der Waals surface area contributed by atoms with Gasteiger partial charge in [0.25, 0.3) is 0 Å². The number of ether oxygens (including phenoxy) is 2. The molecule has 1 N–H and O–H groups in total. The number of carbonyl (C=O) groups excluding carboxylic acids is 1. The number of benzene rings is 2. The quantitative estimate of drug-likeness (QED) is 0.530. The molecule has 33 heavy (non-hydrogen) atoms. The van der Waals surface area contributed by atoms with Gasteiger partial charge in [0.1, 0.15) is 17.2 Å². The minimum Gasteiger partial charge on any atom is -0.497 e. The van der Waals surface area contributed by atoms with Gasteiger partial charge in [-0.1, -0.05) is 41.1 Å². The summed E-state index contributed by atoms with van der Waals surface area (Å²) in [5.74, 6) is 2.32. The highest BCUT2D eigenvalue weighted by Crippen LogP contribution is 2.23. The number of likely N-dealkylation sites (tertiary alicyclic amines) is 1. The molecule has 0 radical (unpaired) electrons. The van der Waals surface area contributed by atoms with Gasteiger partial charge < -0.3 is 24.2 Å². The van der Waals surface area contributed by atoms with E-state index in [1.807, 2.05) is 35.2 Å². The number of piperidine rings is 1. The lowest BCUT2D eigenvalue weighted by Gasteiger charge is -2.28. The van der Waals surface area contributed by atoms with Gasteiger partial charge in [0.15, 0.2) is 5.76 Å². The summed E-state index contributed by atoms with van der Waals surface area (Å²) in [6.45, 7) is 3.73. The van der Waals surface area contributed by atoms with Crippen LogP contribution >= 0.6 is 0 Å². The van der Waals surface area contributed by atoms with Gasteiger partial charge in [-0.25, -0.2) is 4.79 Å². The van der Waals surface area contributed by atoms with Crippen molar-refractivity contribution in [3.8, 4) is 11.5 Å². The first kappa shape index (κ1) is 22.5. The normalized spacial score (nSPS) is 13.5. The number of methoxy groups -OCH3 is 1. The molecule has 0 atom stereocenters. The van der Waals surface area contributed by atoms with Crippen molar-refractivity contribution in [2.24, 2.45) is 0 Å². The van der Waals surface area contributed by atoms with E-state index in [0.717, 1.165) is 36.3 Å². The number of nitrogens with one attached hydrogen (secondary N) is 1. The maximum absolute atomic E-state index is 12.5. The van der Waals surface area contributed by atoms with E-state index in [-0.39, 0.29) is 6.03 Å². The van der Waals surface area contributed by atoms with E-state index in [1.165, 1.54) is 17.3 Å². The first-order chi connectivity index (χ1) is 16.1. The first-order valence-corrected chi connectivity index (χ1v) is 11.1. The molecule has 1 fully saturated rings. The number of aromatic nitrogens is 1. The SMILES string of the molecule is COc1cccc(CCOc2cccc(C=C3CCN(C(=O)Nc4cnoc4C)CC3)c2)c1. The maximum Gasteiger partial charge on any atom is 0.322 e. The lowest BCUT2D eigenvalue weighted by molar-refractivity contribution is 0.207. The van der Waals surface area contributed by atoms with Crippen molar-refractivity contribution < 1.29 is 18.8 Å². The molecule has 1 aromatic heterocycles. The van der Waals surface area contributed by atoms with Crippen molar-refractivity contribution in [1.29, 1.82) is 0 Å². The molecule has 1 aliphatic heterocycles. The number of carbonyl (C=O) groups is 1. The van der Waals surface area contributed by atoms with Crippen LogP contribution in [-0.2, 0) is 6.42 Å². The van der Waals surface area contributed by atoms with Crippen molar-refractivity contribution in [3.63, 3.8) is 0 Å². The third-order valence-corrected chi connectivity index (χ3v) is 5.71. The van der Waals surface area contributed by atoms with E-state index in [0.29, 0.717) is 31.1 Å². The molecule has 1 saturated heterocycles. The predicted octanol–water partition coefficient (Wildman–Crippen LogP) is 5.32. The van der Waals surface area contributed by atoms with Gasteiger partial charge in [-0.15, -0.1) is 0 Å². The van der Waals surface area contributed by atoms with Crippen LogP contribution in [-0.4, -0.2) is 42.9 Å². The van der Waals surface area contributed by atoms with Gasteiger partial charge in [-0.2, -0.15) is 0 Å². The zero-order chi connectivity index (χ0) is 23.0. The highest BCUT2D eigenvalue weighted by Gasteiger charge is 2.20. The van der Waals surface area contributed by atoms with Crippen LogP contribution in [0.3, 0.4) is 0 Å². The van der Waals surface area contributed by atoms with Crippen molar-refractivity contribution in [2.45, 2.75) is 26.2 Å². The lowest BCUT2D eigenvalue weighted by Crippen LogP contribution is -2.39. The molecule has 1 aliphatic rings. The monoisotopic (exact) mass is 447 g/mol. The zero-order valence-corrected chi connectivity index (χ0v) is 19.0. The summed E-state index contributed by atoms with van der Waals surface area (Å²) in [6, 6.07) is 16.1. The predicted molar refractivity (Wildman–Crippen MR) is 128 cm³/mol. The molecule has 3 aromatic rings. The number of anilines is 1. The fraction of sp³-hybridized carbons (Fsp3) is 0.308. The average Bonchev–Trinajstić information content (AvgIpc) is 3.24. The minimum atomic E-state index is -0.119. The molecule has 7 heteroatoms. The van der Waals surface area contributed by atoms with Crippen molar-refractivity contribution in [1.82, 2.24) is 10.1 Å². The second kappa shape index (κ2) is 10.7. The molecular formula is C26H29N3O4. The Morgan fingerprint density at radius 2 is 1.94 bits per heavy atom. The van der Waals surface area contributed by atoms with E-state index < -0.39 is 0 Å². The number of urea groups is 1. The molecule has 2 heterocycles. The lowest BCUT2D eigenvalue weighted by atomic mass is 10.0. The van der Waals surface area contributed by atoms with E-state index in [2.05, 4.69) is 34.7 Å². The maximum atomic E-state index is 12.5. The fourth-order valence-corrected chi connectivity index (χ4v) is 3.80. The van der Waals surface area contributed by atoms with E-state index in [9.17, 15) is 4.79 Å². The summed E-state index contributed by atoms with van der Waals surface area (Å²) in [5, 5.41) is 6.55. The summed E-state index contributed by atoms with van der Waals surface area (Å²) in [4.78, 5) is 14.3. The number of rotatable bonds is 7. The average molecular weight is 448 g/mol. The van der Waals surface area contributed by atoms with Gasteiger partial charge >= 0.3 is 6.03 Å². The van der Waals surface area contributed by atoms with Crippen LogP contribution in [0.4, 0.5) is 10.5 Å². The standard InChI is InChI=1S/C26H29N3O4/c1-19-25(18-27-33-19)28-26(30)29-12-9-21(10-13-29)15-22-6-4-8-24(17-22)32-14-11-20-5-3-7-23(16-20)31-2/h3-8,15-18H,9-14H2,1-2H3,(H,28,30). The smallest absolute Gasteiger partial charge is 0.322 e. The van der Waals surface area contributed by atoms with Crippen LogP contribution in [0.2, 0.25) is 0 Å². The Kier molecular flexibility index (Phi) is 7.29. The Morgan fingerprint density at radius 3 is 2.70 bits per heavy atom. The van der Waals surface area contributed by atoms with E-state index >= 15 is 0 Å². The van der Waals surface area contributed by atoms with E-state index in [1.54, 1.807) is 14.0 Å². The molecule has 4 rings (SSSR count). The first-order valence-electron chi connectivity index (χ1n) is 11.1. The molecule has 0 saturated carbocycles. The van der Waals surface area contributed by atoms with Crippen LogP contribution in [0.15, 0.2) is 64.8 Å². The number of hydrogen-bond acceptors (Lipinski definition) is 5. The van der Waals surface area contributed by atoms with Crippen molar-refractivity contribution in [3.05, 3.63) is 77.2 Å². The largest absolute Gasteiger partial charge is 0.497 e. The van der Waals surface area contributed by atoms with Gasteiger partial charge in [-0.3, -0.25) is 0 Å². The summed E-state index contributed by atoms with van der Waals surface area (Å²) in [5.41, 5.74) is 4.24. The van der Waals surface area contributed by atoms with Gasteiger partial charge in [0.05, 0.1) is 19.9 Å². The Morgan fingerprint density at radius 1 is 1.15 bits per heavy atom. The Bertz CT molecular complexity index is 1110. The molecule has 172 valence electrons. The molecule has 2 aromatic carbocycles. The second-order valence-electron chi connectivity index (χ2n) is 8.04. The molecular weight excluding hydrogens is 418 g/mol. The summed E-state index contributed by atoms with van der Waals surface area (Å²) in [7, 11) is 1.67. The second-order valence-corrected chi connectivity index (χ2v) is 8.04. The molecule has 0 unspecified atom stereocenters. The van der Waals surface area contributed by atoms with Crippen LogP contribution in [0, 0.1) is 6.92 Å². The van der Waals surface area contributed by atoms with Crippen molar-refractivity contribution in [2.75, 3.05) is 32.1 Å². The third kappa shape index (κ3) is 6.16. The summed E-state index contributed by atoms with van der Waals surface area (Å²) < 4.78 is 16.2. The fourth-order valence-electron chi connectivity index (χ4n) is 3.80. The van der Waals surface area contributed by atoms with Crippen LogP contribution in [0.25, 0.3) is 6.08 Å². The highest BCUT2D eigenvalue weighted by atomic mass is 16.5. The molecule has 0 bridgehead atoms. The van der Waals surface area contributed by atoms with E-state index in [4.69, 9.17) is 14.0 Å². The number of aryl methyl sites for hydroxylation is 1. The molecule has 0 spiro atoms. The third-order valence-electron chi connectivity index (χ3n) is 5.71. The summed E-state index contributed by atoms with van der Waals surface area (Å²) in [6.07, 6.45) is 6.23. The molecule has 2 amide bonds. The topological polar surface area (TPSA) is 76.8 Å². The number of hydrogen-bond donors (Lipinski definition) is 1. The zero-order valence-electron chi connectivity index (χ0n) is 19.0. The van der Waals surface area contributed by atoms with Gasteiger partial charge in [0, 0.05) is 19.5 Å². The van der Waals surface area contributed by atoms with Crippen molar-refractivity contribution >= 4 is 17.8 Å². The Balaban J connectivity index is 1.27. The highest BCUT2D eigenvalue weighted by molar-refractivity contribution is 5.89. The van der Waals surface area contributed by atoms with Crippen LogP contribution in [0.5, 0.6) is 11.5 Å². The Hall–Kier alpha value is -3.74. The summed E-state index contributed by atoms with van der Waals surface area (Å²) >= 11 is 0.